The summed E-state index contributed by atoms with van der Waals surface area (Å²) in [6, 6.07) is 3.25. The molecule has 5 heteroatoms. The summed E-state index contributed by atoms with van der Waals surface area (Å²) in [6.45, 7) is 4.26. The molecule has 5 nitrogen and oxygen atoms in total. The highest BCUT2D eigenvalue weighted by atomic mass is 16.5. The molecular weight excluding hydrogens is 302 g/mol. The van der Waals surface area contributed by atoms with Crippen LogP contribution in [0.1, 0.15) is 56.7 Å². The van der Waals surface area contributed by atoms with Crippen LogP contribution in [0.4, 0.5) is 0 Å². The van der Waals surface area contributed by atoms with E-state index < -0.39 is 0 Å². The molecule has 1 aromatic heterocycles. The Balaban J connectivity index is 1.26. The van der Waals surface area contributed by atoms with Gasteiger partial charge in [-0.25, -0.2) is 0 Å². The van der Waals surface area contributed by atoms with Crippen molar-refractivity contribution >= 4 is 5.91 Å². The van der Waals surface area contributed by atoms with Crippen LogP contribution >= 0.6 is 0 Å². The third-order valence-corrected chi connectivity index (χ3v) is 5.93. The molecule has 1 unspecified atom stereocenters. The van der Waals surface area contributed by atoms with Crippen molar-refractivity contribution in [1.29, 1.82) is 0 Å². The standard InChI is InChI=1S/C19H29N3O2/c1-2-18(23)20-14-10-13-11-19(21-17(13)12-14)24-16-6-8-22(9-7-16)15-4-3-5-15/h11,14-16,21H,2-10,12H2,1H3,(H,20,23). The molecule has 0 bridgehead atoms. The fourth-order valence-corrected chi connectivity index (χ4v) is 4.24. The Morgan fingerprint density at radius 1 is 1.29 bits per heavy atom. The number of rotatable bonds is 5. The number of aromatic amines is 1. The zero-order chi connectivity index (χ0) is 16.5. The first-order chi connectivity index (χ1) is 11.7. The van der Waals surface area contributed by atoms with Gasteiger partial charge in [-0.1, -0.05) is 13.3 Å². The zero-order valence-corrected chi connectivity index (χ0v) is 14.6. The lowest BCUT2D eigenvalue weighted by atomic mass is 9.90. The fraction of sp³-hybridized carbons (Fsp3) is 0.737. The molecule has 1 amide bonds. The van der Waals surface area contributed by atoms with Gasteiger partial charge in [0.2, 0.25) is 5.91 Å². The summed E-state index contributed by atoms with van der Waals surface area (Å²) in [7, 11) is 0. The van der Waals surface area contributed by atoms with E-state index in [0.717, 1.165) is 37.6 Å². The molecule has 1 atom stereocenters. The Kier molecular flexibility index (Phi) is 4.53. The molecule has 24 heavy (non-hydrogen) atoms. The number of hydrogen-bond acceptors (Lipinski definition) is 3. The Bertz CT molecular complexity index is 562. The van der Waals surface area contributed by atoms with Gasteiger partial charge in [0.15, 0.2) is 5.88 Å². The summed E-state index contributed by atoms with van der Waals surface area (Å²) >= 11 is 0. The minimum absolute atomic E-state index is 0.139. The van der Waals surface area contributed by atoms with Crippen LogP contribution in [0.15, 0.2) is 6.07 Å². The van der Waals surface area contributed by atoms with E-state index in [9.17, 15) is 4.79 Å². The van der Waals surface area contributed by atoms with E-state index in [4.69, 9.17) is 4.74 Å². The smallest absolute Gasteiger partial charge is 0.219 e. The van der Waals surface area contributed by atoms with Gasteiger partial charge in [0.1, 0.15) is 6.10 Å². The van der Waals surface area contributed by atoms with Crippen molar-refractivity contribution < 1.29 is 9.53 Å². The molecule has 2 N–H and O–H groups in total. The van der Waals surface area contributed by atoms with Crippen LogP contribution in [0.3, 0.4) is 0 Å². The minimum atomic E-state index is 0.139. The lowest BCUT2D eigenvalue weighted by Crippen LogP contribution is -2.46. The second kappa shape index (κ2) is 6.79. The highest BCUT2D eigenvalue weighted by molar-refractivity contribution is 5.76. The third-order valence-electron chi connectivity index (χ3n) is 5.93. The second-order valence-corrected chi connectivity index (χ2v) is 7.60. The largest absolute Gasteiger partial charge is 0.476 e. The number of nitrogens with zero attached hydrogens (tertiary/aromatic N) is 1. The number of amides is 1. The number of fused-ring (bicyclic) bond motifs is 1. The average molecular weight is 331 g/mol. The number of H-pyrrole nitrogens is 1. The first-order valence-electron chi connectivity index (χ1n) is 9.62. The Labute approximate surface area is 144 Å². The van der Waals surface area contributed by atoms with Gasteiger partial charge in [-0.15, -0.1) is 0 Å². The fourth-order valence-electron chi connectivity index (χ4n) is 4.24. The summed E-state index contributed by atoms with van der Waals surface area (Å²) < 4.78 is 6.20. The lowest BCUT2D eigenvalue weighted by molar-refractivity contribution is -0.121. The van der Waals surface area contributed by atoms with Crippen molar-refractivity contribution in [1.82, 2.24) is 15.2 Å². The molecule has 4 rings (SSSR count). The van der Waals surface area contributed by atoms with Crippen molar-refractivity contribution in [2.24, 2.45) is 0 Å². The average Bonchev–Trinajstić information content (AvgIpc) is 3.05. The monoisotopic (exact) mass is 331 g/mol. The molecule has 0 aromatic carbocycles. The van der Waals surface area contributed by atoms with Gasteiger partial charge in [-0.05, 0) is 37.7 Å². The predicted molar refractivity (Wildman–Crippen MR) is 93.3 cm³/mol. The normalized spacial score (nSPS) is 25.3. The van der Waals surface area contributed by atoms with E-state index in [-0.39, 0.29) is 11.9 Å². The minimum Gasteiger partial charge on any atom is -0.476 e. The molecule has 2 heterocycles. The summed E-state index contributed by atoms with van der Waals surface area (Å²) in [4.78, 5) is 17.6. The SMILES string of the molecule is CCC(=O)NC1Cc2cc(OC3CCN(C4CCC4)CC3)[nH]c2C1. The van der Waals surface area contributed by atoms with E-state index in [0.29, 0.717) is 12.5 Å². The Morgan fingerprint density at radius 2 is 2.08 bits per heavy atom. The highest BCUT2D eigenvalue weighted by Crippen LogP contribution is 2.30. The molecule has 132 valence electrons. The van der Waals surface area contributed by atoms with E-state index >= 15 is 0 Å². The van der Waals surface area contributed by atoms with Crippen LogP contribution < -0.4 is 10.1 Å². The number of ether oxygens (including phenoxy) is 1. The summed E-state index contributed by atoms with van der Waals surface area (Å²) in [6.07, 6.45) is 9.18. The maximum Gasteiger partial charge on any atom is 0.219 e. The number of likely N-dealkylation sites (tertiary alicyclic amines) is 1. The van der Waals surface area contributed by atoms with Gasteiger partial charge in [0.25, 0.3) is 0 Å². The molecule has 0 radical (unpaired) electrons. The quantitative estimate of drug-likeness (QED) is 0.871. The molecule has 1 aromatic rings. The molecule has 1 saturated heterocycles. The van der Waals surface area contributed by atoms with E-state index in [2.05, 4.69) is 21.3 Å². The molecule has 2 aliphatic carbocycles. The number of nitrogens with one attached hydrogen (secondary N) is 2. The first-order valence-corrected chi connectivity index (χ1v) is 9.62. The molecule has 3 aliphatic rings. The maximum atomic E-state index is 11.5. The Morgan fingerprint density at radius 3 is 2.71 bits per heavy atom. The van der Waals surface area contributed by atoms with Gasteiger partial charge in [0, 0.05) is 49.8 Å². The lowest BCUT2D eigenvalue weighted by Gasteiger charge is -2.41. The zero-order valence-electron chi connectivity index (χ0n) is 14.6. The van der Waals surface area contributed by atoms with Gasteiger partial charge in [-0.2, -0.15) is 0 Å². The third kappa shape index (κ3) is 3.32. The molecule has 0 spiro atoms. The number of hydrogen-bond donors (Lipinski definition) is 2. The molecule has 1 aliphatic heterocycles. The number of piperidine rings is 1. The van der Waals surface area contributed by atoms with Crippen molar-refractivity contribution in [3.8, 4) is 5.88 Å². The number of aromatic nitrogens is 1. The second-order valence-electron chi connectivity index (χ2n) is 7.60. The van der Waals surface area contributed by atoms with Gasteiger partial charge in [-0.3, -0.25) is 4.79 Å². The van der Waals surface area contributed by atoms with Gasteiger partial charge < -0.3 is 19.9 Å². The first kappa shape index (κ1) is 16.0. The van der Waals surface area contributed by atoms with Crippen molar-refractivity contribution in [3.63, 3.8) is 0 Å². The summed E-state index contributed by atoms with van der Waals surface area (Å²) in [5, 5.41) is 3.08. The van der Waals surface area contributed by atoms with Crippen molar-refractivity contribution in [3.05, 3.63) is 17.3 Å². The van der Waals surface area contributed by atoms with Crippen molar-refractivity contribution in [2.45, 2.75) is 76.5 Å². The van der Waals surface area contributed by atoms with Crippen LogP contribution in [0.5, 0.6) is 5.88 Å². The van der Waals surface area contributed by atoms with Crippen LogP contribution in [-0.4, -0.2) is 47.1 Å². The van der Waals surface area contributed by atoms with Crippen LogP contribution in [0, 0.1) is 0 Å². The maximum absolute atomic E-state index is 11.5. The summed E-state index contributed by atoms with van der Waals surface area (Å²) in [5.74, 6) is 1.06. The van der Waals surface area contributed by atoms with Crippen molar-refractivity contribution in [2.75, 3.05) is 13.1 Å². The van der Waals surface area contributed by atoms with Crippen LogP contribution in [-0.2, 0) is 17.6 Å². The van der Waals surface area contributed by atoms with Crippen LogP contribution in [0.25, 0.3) is 0 Å². The van der Waals surface area contributed by atoms with E-state index in [1.165, 1.54) is 43.6 Å². The van der Waals surface area contributed by atoms with E-state index in [1.54, 1.807) is 0 Å². The predicted octanol–water partition coefficient (Wildman–Crippen LogP) is 2.40. The Hall–Kier alpha value is -1.49. The van der Waals surface area contributed by atoms with Gasteiger partial charge in [0.05, 0.1) is 0 Å². The highest BCUT2D eigenvalue weighted by Gasteiger charge is 2.30. The topological polar surface area (TPSA) is 57.4 Å². The summed E-state index contributed by atoms with van der Waals surface area (Å²) in [5.41, 5.74) is 2.54. The molecule has 2 fully saturated rings. The van der Waals surface area contributed by atoms with Crippen LogP contribution in [0.2, 0.25) is 0 Å². The van der Waals surface area contributed by atoms with E-state index in [1.807, 2.05) is 6.92 Å². The molecular formula is C19H29N3O2. The number of carbonyl (C=O) groups is 1. The van der Waals surface area contributed by atoms with Gasteiger partial charge >= 0.3 is 0 Å². The number of carbonyl (C=O) groups excluding carboxylic acids is 1. The molecule has 1 saturated carbocycles.